The fourth-order valence-electron chi connectivity index (χ4n) is 3.64. The van der Waals surface area contributed by atoms with E-state index in [1.807, 2.05) is 19.1 Å². The minimum absolute atomic E-state index is 0.240. The van der Waals surface area contributed by atoms with E-state index in [9.17, 15) is 4.21 Å². The van der Waals surface area contributed by atoms with Crippen LogP contribution in [0.5, 0.6) is 5.75 Å². The Morgan fingerprint density at radius 1 is 1.15 bits per heavy atom. The number of nitrogen functional groups attached to an aromatic ring is 1. The van der Waals surface area contributed by atoms with Gasteiger partial charge in [0.05, 0.1) is 15.8 Å². The van der Waals surface area contributed by atoms with Crippen molar-refractivity contribution in [2.24, 2.45) is 0 Å². The Hall–Kier alpha value is -2.68. The van der Waals surface area contributed by atoms with Gasteiger partial charge in [0.15, 0.2) is 0 Å². The van der Waals surface area contributed by atoms with E-state index in [0.717, 1.165) is 5.82 Å². The highest BCUT2D eigenvalue weighted by atomic mass is 35.5. The fourth-order valence-corrected chi connectivity index (χ4v) is 5.37. The second kappa shape index (κ2) is 10.1. The fraction of sp³-hybridized carbons (Fsp3) is 0.261. The summed E-state index contributed by atoms with van der Waals surface area (Å²) in [7, 11) is -0.743. The van der Waals surface area contributed by atoms with Gasteiger partial charge >= 0.3 is 0 Å². The summed E-state index contributed by atoms with van der Waals surface area (Å²) in [6, 6.07) is 8.90. The van der Waals surface area contributed by atoms with Crippen molar-refractivity contribution >= 4 is 51.2 Å². The van der Waals surface area contributed by atoms with E-state index in [-0.39, 0.29) is 5.71 Å². The topological polar surface area (TPSA) is 105 Å². The van der Waals surface area contributed by atoms with Gasteiger partial charge in [-0.25, -0.2) is 4.98 Å². The first kappa shape index (κ1) is 23.5. The van der Waals surface area contributed by atoms with E-state index in [4.69, 9.17) is 39.1 Å². The van der Waals surface area contributed by atoms with E-state index < -0.39 is 16.9 Å². The highest BCUT2D eigenvalue weighted by Gasteiger charge is 2.19. The van der Waals surface area contributed by atoms with Gasteiger partial charge in [-0.1, -0.05) is 23.2 Å². The van der Waals surface area contributed by atoms with Crippen LogP contribution in [0.1, 0.15) is 29.7 Å². The number of anilines is 2. The zero-order valence-corrected chi connectivity index (χ0v) is 20.3. The number of aromatic nitrogens is 2. The van der Waals surface area contributed by atoms with Gasteiger partial charge in [-0.3, -0.25) is 14.6 Å². The lowest BCUT2D eigenvalue weighted by Gasteiger charge is -2.27. The molecule has 3 heterocycles. The largest absolute Gasteiger partial charge is 0.486 e. The molecule has 172 valence electrons. The van der Waals surface area contributed by atoms with Crippen molar-refractivity contribution in [2.45, 2.75) is 13.0 Å². The Kier molecular flexibility index (Phi) is 7.17. The molecule has 10 heteroatoms. The van der Waals surface area contributed by atoms with Gasteiger partial charge in [0.2, 0.25) is 0 Å². The molecule has 0 spiro atoms. The third-order valence-electron chi connectivity index (χ3n) is 5.44. The number of pyridine rings is 2. The van der Waals surface area contributed by atoms with Crippen LogP contribution < -0.4 is 15.4 Å². The minimum atomic E-state index is -0.743. The van der Waals surface area contributed by atoms with Crippen molar-refractivity contribution < 1.29 is 8.95 Å². The number of nitrogens with two attached hydrogens (primary N) is 1. The van der Waals surface area contributed by atoms with Crippen molar-refractivity contribution in [3.63, 3.8) is 0 Å². The quantitative estimate of drug-likeness (QED) is 0.379. The molecule has 0 amide bonds. The highest BCUT2D eigenvalue weighted by molar-refractivity contribution is 7.85. The first-order chi connectivity index (χ1) is 15.8. The van der Waals surface area contributed by atoms with Gasteiger partial charge < -0.3 is 15.4 Å². The van der Waals surface area contributed by atoms with E-state index in [0.29, 0.717) is 62.8 Å². The second-order valence-electron chi connectivity index (χ2n) is 7.64. The third-order valence-corrected chi connectivity index (χ3v) is 7.32. The summed E-state index contributed by atoms with van der Waals surface area (Å²) in [6.07, 6.45) is 4.27. The van der Waals surface area contributed by atoms with Crippen molar-refractivity contribution in [1.29, 1.82) is 5.41 Å². The van der Waals surface area contributed by atoms with Gasteiger partial charge in [-0.05, 0) is 37.3 Å². The van der Waals surface area contributed by atoms with E-state index in [1.165, 1.54) is 12.4 Å². The minimum Gasteiger partial charge on any atom is -0.486 e. The van der Waals surface area contributed by atoms with Crippen LogP contribution in [0.4, 0.5) is 11.5 Å². The van der Waals surface area contributed by atoms with Crippen LogP contribution in [0.2, 0.25) is 10.0 Å². The van der Waals surface area contributed by atoms with Crippen LogP contribution in [0.15, 0.2) is 48.9 Å². The predicted molar refractivity (Wildman–Crippen MR) is 134 cm³/mol. The molecule has 1 saturated heterocycles. The van der Waals surface area contributed by atoms with Gasteiger partial charge in [0.1, 0.15) is 17.7 Å². The summed E-state index contributed by atoms with van der Waals surface area (Å²) in [6.45, 7) is 3.27. The van der Waals surface area contributed by atoms with Crippen LogP contribution >= 0.6 is 23.2 Å². The van der Waals surface area contributed by atoms with Crippen molar-refractivity contribution in [2.75, 3.05) is 35.2 Å². The number of halogens is 2. The summed E-state index contributed by atoms with van der Waals surface area (Å²) >= 11 is 12.5. The predicted octanol–water partition coefficient (Wildman–Crippen LogP) is 4.49. The van der Waals surface area contributed by atoms with Crippen LogP contribution in [0.25, 0.3) is 0 Å². The van der Waals surface area contributed by atoms with Crippen molar-refractivity contribution in [3.05, 3.63) is 75.7 Å². The highest BCUT2D eigenvalue weighted by Crippen LogP contribution is 2.33. The Morgan fingerprint density at radius 3 is 2.48 bits per heavy atom. The zero-order valence-electron chi connectivity index (χ0n) is 17.9. The molecule has 0 aliphatic carbocycles. The van der Waals surface area contributed by atoms with Crippen LogP contribution in [-0.2, 0) is 10.8 Å². The number of hydrogen-bond acceptors (Lipinski definition) is 7. The average Bonchev–Trinajstić information content (AvgIpc) is 2.80. The van der Waals surface area contributed by atoms with E-state index in [1.54, 1.807) is 24.4 Å². The summed E-state index contributed by atoms with van der Waals surface area (Å²) < 4.78 is 17.6. The van der Waals surface area contributed by atoms with Crippen LogP contribution in [0.3, 0.4) is 0 Å². The van der Waals surface area contributed by atoms with Gasteiger partial charge in [-0.15, -0.1) is 0 Å². The number of benzene rings is 1. The van der Waals surface area contributed by atoms with Gasteiger partial charge in [-0.2, -0.15) is 0 Å². The molecule has 1 aromatic carbocycles. The smallest absolute Gasteiger partial charge is 0.128 e. The normalized spacial score (nSPS) is 15.3. The maximum absolute atomic E-state index is 11.6. The zero-order chi connectivity index (χ0) is 23.5. The van der Waals surface area contributed by atoms with Crippen molar-refractivity contribution in [1.82, 2.24) is 9.97 Å². The van der Waals surface area contributed by atoms with E-state index >= 15 is 0 Å². The summed E-state index contributed by atoms with van der Waals surface area (Å²) in [5, 5.41) is 9.53. The molecule has 1 fully saturated rings. The Morgan fingerprint density at radius 2 is 1.85 bits per heavy atom. The second-order valence-corrected chi connectivity index (χ2v) is 10.2. The summed E-state index contributed by atoms with van der Waals surface area (Å²) in [4.78, 5) is 10.6. The number of nitrogens with zero attached hydrogens (tertiary/aromatic N) is 3. The molecule has 0 saturated carbocycles. The Balaban J connectivity index is 1.52. The molecule has 1 aliphatic heterocycles. The molecule has 2 aromatic heterocycles. The van der Waals surface area contributed by atoms with E-state index in [2.05, 4.69) is 14.9 Å². The Labute approximate surface area is 204 Å². The summed E-state index contributed by atoms with van der Waals surface area (Å²) in [5.41, 5.74) is 8.69. The number of hydrogen-bond donors (Lipinski definition) is 2. The molecule has 4 rings (SSSR count). The lowest BCUT2D eigenvalue weighted by Crippen LogP contribution is -2.38. The van der Waals surface area contributed by atoms with Crippen molar-refractivity contribution in [3.8, 4) is 5.75 Å². The molecule has 7 nitrogen and oxygen atoms in total. The molecular formula is C23H23Cl2N5O2S. The number of rotatable bonds is 6. The molecule has 1 atom stereocenters. The number of nitrogens with one attached hydrogen (secondary N) is 1. The maximum Gasteiger partial charge on any atom is 0.128 e. The first-order valence-corrected chi connectivity index (χ1v) is 12.6. The Bertz CT molecular complexity index is 1180. The molecular weight excluding hydrogens is 481 g/mol. The first-order valence-electron chi connectivity index (χ1n) is 10.3. The molecule has 3 N–H and O–H groups in total. The van der Waals surface area contributed by atoms with Gasteiger partial charge in [0, 0.05) is 76.4 Å². The van der Waals surface area contributed by atoms with Gasteiger partial charge in [0.25, 0.3) is 0 Å². The molecule has 0 radical (unpaired) electrons. The third kappa shape index (κ3) is 5.29. The molecule has 33 heavy (non-hydrogen) atoms. The monoisotopic (exact) mass is 503 g/mol. The lowest BCUT2D eigenvalue weighted by molar-refractivity contribution is 0.227. The summed E-state index contributed by atoms with van der Waals surface area (Å²) in [5.74, 6) is 2.65. The maximum atomic E-state index is 11.6. The molecule has 0 bridgehead atoms. The van der Waals surface area contributed by atoms with Crippen LogP contribution in [0, 0.1) is 5.41 Å². The lowest BCUT2D eigenvalue weighted by atomic mass is 10.0. The number of ether oxygens (including phenoxy) is 1. The SMILES string of the molecule is C[C@@H](Oc1ccc(N)c(C(=N)c2ccc(N3CCS(=O)CC3)nc2)c1)c1c(Cl)cncc1Cl. The standard InChI is InChI=1S/C23H23Cl2N5O2S/c1-14(22-18(24)12-28-13-19(22)25)32-16-3-4-20(26)17(10-16)23(27)15-2-5-21(29-11-15)30-6-8-33(31)9-7-30/h2-5,10-14,27H,6-9,26H2,1H3/t14-/m1/s1. The molecule has 0 unspecified atom stereocenters. The molecule has 1 aliphatic rings. The van der Waals surface area contributed by atoms with Crippen LogP contribution in [-0.4, -0.2) is 44.5 Å². The molecule has 3 aromatic rings. The average molecular weight is 504 g/mol.